The maximum Gasteiger partial charge on any atom is 0.119 e. The number of rotatable bonds is 4. The van der Waals surface area contributed by atoms with Crippen LogP contribution >= 0.6 is 0 Å². The molecular formula is C17H19NO. The molecule has 0 unspecified atom stereocenters. The lowest BCUT2D eigenvalue weighted by Gasteiger charge is -2.13. The number of benzene rings is 2. The van der Waals surface area contributed by atoms with E-state index in [1.54, 1.807) is 0 Å². The highest BCUT2D eigenvalue weighted by Gasteiger charge is 2.14. The second kappa shape index (κ2) is 5.89. The monoisotopic (exact) mass is 253 g/mol. The summed E-state index contributed by atoms with van der Waals surface area (Å²) in [6.07, 6.45) is 2.48. The Morgan fingerprint density at radius 3 is 2.63 bits per heavy atom. The van der Waals surface area contributed by atoms with Crippen LogP contribution in [0.25, 0.3) is 11.1 Å². The molecule has 2 heteroatoms. The number of nitrogens with one attached hydrogen (secondary N) is 1. The largest absolute Gasteiger partial charge is 0.492 e. The molecule has 2 aromatic rings. The average Bonchev–Trinajstić information content (AvgIpc) is 3.00. The van der Waals surface area contributed by atoms with Crippen molar-refractivity contribution in [3.05, 3.63) is 54.6 Å². The highest BCUT2D eigenvalue weighted by molar-refractivity contribution is 5.64. The fraction of sp³-hybridized carbons (Fsp3) is 0.294. The molecule has 2 nitrogen and oxygen atoms in total. The van der Waals surface area contributed by atoms with Crippen molar-refractivity contribution < 1.29 is 4.74 Å². The minimum atomic E-state index is 0.514. The molecule has 2 aromatic carbocycles. The smallest absolute Gasteiger partial charge is 0.119 e. The van der Waals surface area contributed by atoms with E-state index in [1.165, 1.54) is 24.0 Å². The summed E-state index contributed by atoms with van der Waals surface area (Å²) in [5, 5.41) is 3.45. The Kier molecular flexibility index (Phi) is 3.80. The van der Waals surface area contributed by atoms with Gasteiger partial charge in [0.05, 0.1) is 0 Å². The molecule has 0 bridgehead atoms. The molecule has 1 aliphatic heterocycles. The van der Waals surface area contributed by atoms with Crippen molar-refractivity contribution in [2.45, 2.75) is 18.9 Å². The van der Waals surface area contributed by atoms with E-state index in [9.17, 15) is 0 Å². The molecule has 3 rings (SSSR count). The van der Waals surface area contributed by atoms with Crippen molar-refractivity contribution in [2.24, 2.45) is 0 Å². The molecule has 1 heterocycles. The van der Waals surface area contributed by atoms with Crippen molar-refractivity contribution in [1.82, 2.24) is 5.32 Å². The van der Waals surface area contributed by atoms with Gasteiger partial charge in [-0.05, 0) is 42.6 Å². The summed E-state index contributed by atoms with van der Waals surface area (Å²) >= 11 is 0. The van der Waals surface area contributed by atoms with Gasteiger partial charge in [-0.15, -0.1) is 0 Å². The summed E-state index contributed by atoms with van der Waals surface area (Å²) in [5.74, 6) is 0.954. The number of ether oxygens (including phenoxy) is 1. The van der Waals surface area contributed by atoms with Crippen LogP contribution < -0.4 is 10.1 Å². The Morgan fingerprint density at radius 2 is 1.84 bits per heavy atom. The molecule has 1 fully saturated rings. The second-order valence-electron chi connectivity index (χ2n) is 5.00. The van der Waals surface area contributed by atoms with Crippen LogP contribution in [0.4, 0.5) is 0 Å². The minimum absolute atomic E-state index is 0.514. The van der Waals surface area contributed by atoms with Crippen LogP contribution in [0.15, 0.2) is 54.6 Å². The molecule has 98 valence electrons. The van der Waals surface area contributed by atoms with Crippen molar-refractivity contribution in [2.75, 3.05) is 13.2 Å². The van der Waals surface area contributed by atoms with Crippen molar-refractivity contribution in [3.8, 4) is 16.9 Å². The Morgan fingerprint density at radius 1 is 1.00 bits per heavy atom. The summed E-state index contributed by atoms with van der Waals surface area (Å²) in [7, 11) is 0. The first-order valence-electron chi connectivity index (χ1n) is 6.93. The first kappa shape index (κ1) is 12.2. The predicted molar refractivity (Wildman–Crippen MR) is 78.4 cm³/mol. The van der Waals surface area contributed by atoms with Gasteiger partial charge >= 0.3 is 0 Å². The third-order valence-corrected chi connectivity index (χ3v) is 3.55. The summed E-state index contributed by atoms with van der Waals surface area (Å²) in [5.41, 5.74) is 2.43. The van der Waals surface area contributed by atoms with Gasteiger partial charge in [0.25, 0.3) is 0 Å². The van der Waals surface area contributed by atoms with Gasteiger partial charge in [-0.25, -0.2) is 0 Å². The summed E-state index contributed by atoms with van der Waals surface area (Å²) in [6, 6.07) is 19.2. The average molecular weight is 253 g/mol. The highest BCUT2D eigenvalue weighted by atomic mass is 16.5. The predicted octanol–water partition coefficient (Wildman–Crippen LogP) is 3.48. The molecule has 0 aromatic heterocycles. The van der Waals surface area contributed by atoms with Gasteiger partial charge in [0.1, 0.15) is 12.4 Å². The fourth-order valence-corrected chi connectivity index (χ4v) is 2.49. The maximum atomic E-state index is 5.89. The zero-order chi connectivity index (χ0) is 12.9. The Balaban J connectivity index is 1.69. The minimum Gasteiger partial charge on any atom is -0.492 e. The van der Waals surface area contributed by atoms with Gasteiger partial charge in [-0.2, -0.15) is 0 Å². The molecular weight excluding hydrogens is 234 g/mol. The van der Waals surface area contributed by atoms with Gasteiger partial charge in [-0.1, -0.05) is 42.5 Å². The topological polar surface area (TPSA) is 21.3 Å². The standard InChI is InChI=1S/C17H19NO/c1-2-6-14(7-3-1)15-8-4-10-17(12-15)19-13-16-9-5-11-18-16/h1-4,6-8,10,12,16,18H,5,9,11,13H2/t16-/m0/s1. The molecule has 1 saturated heterocycles. The lowest BCUT2D eigenvalue weighted by molar-refractivity contribution is 0.277. The van der Waals surface area contributed by atoms with E-state index in [-0.39, 0.29) is 0 Å². The lowest BCUT2D eigenvalue weighted by atomic mass is 10.1. The van der Waals surface area contributed by atoms with Crippen LogP contribution in [-0.2, 0) is 0 Å². The lowest BCUT2D eigenvalue weighted by Crippen LogP contribution is -2.28. The molecule has 1 N–H and O–H groups in total. The second-order valence-corrected chi connectivity index (χ2v) is 5.00. The fourth-order valence-electron chi connectivity index (χ4n) is 2.49. The van der Waals surface area contributed by atoms with Gasteiger partial charge in [-0.3, -0.25) is 0 Å². The highest BCUT2D eigenvalue weighted by Crippen LogP contribution is 2.23. The summed E-state index contributed by atoms with van der Waals surface area (Å²) in [4.78, 5) is 0. The van der Waals surface area contributed by atoms with Gasteiger partial charge in [0, 0.05) is 6.04 Å². The first-order chi connectivity index (χ1) is 9.42. The van der Waals surface area contributed by atoms with Crippen LogP contribution in [0.1, 0.15) is 12.8 Å². The van der Waals surface area contributed by atoms with Crippen molar-refractivity contribution in [3.63, 3.8) is 0 Å². The third-order valence-electron chi connectivity index (χ3n) is 3.55. The normalized spacial score (nSPS) is 18.4. The number of hydrogen-bond acceptors (Lipinski definition) is 2. The van der Waals surface area contributed by atoms with Crippen LogP contribution in [0.3, 0.4) is 0 Å². The molecule has 19 heavy (non-hydrogen) atoms. The SMILES string of the molecule is c1ccc(-c2cccc(OC[C@@H]3CCCN3)c2)cc1. The van der Waals surface area contributed by atoms with E-state index in [4.69, 9.17) is 4.74 Å². The maximum absolute atomic E-state index is 5.89. The Bertz CT molecular complexity index is 518. The quantitative estimate of drug-likeness (QED) is 0.900. The van der Waals surface area contributed by atoms with E-state index in [0.717, 1.165) is 18.9 Å². The van der Waals surface area contributed by atoms with Gasteiger partial charge in [0.15, 0.2) is 0 Å². The molecule has 0 aliphatic carbocycles. The molecule has 0 radical (unpaired) electrons. The van der Waals surface area contributed by atoms with E-state index >= 15 is 0 Å². The molecule has 1 aliphatic rings. The third kappa shape index (κ3) is 3.15. The van der Waals surface area contributed by atoms with Crippen molar-refractivity contribution in [1.29, 1.82) is 0 Å². The Labute approximate surface area is 114 Å². The van der Waals surface area contributed by atoms with Gasteiger partial charge < -0.3 is 10.1 Å². The summed E-state index contributed by atoms with van der Waals surface area (Å²) < 4.78 is 5.89. The van der Waals surface area contributed by atoms with Crippen LogP contribution in [-0.4, -0.2) is 19.2 Å². The van der Waals surface area contributed by atoms with E-state index in [0.29, 0.717) is 6.04 Å². The van der Waals surface area contributed by atoms with Crippen LogP contribution in [0, 0.1) is 0 Å². The molecule has 0 spiro atoms. The molecule has 1 atom stereocenters. The summed E-state index contributed by atoms with van der Waals surface area (Å²) in [6.45, 7) is 1.89. The van der Waals surface area contributed by atoms with E-state index < -0.39 is 0 Å². The van der Waals surface area contributed by atoms with E-state index in [1.807, 2.05) is 12.1 Å². The number of hydrogen-bond donors (Lipinski definition) is 1. The Hall–Kier alpha value is -1.80. The van der Waals surface area contributed by atoms with E-state index in [2.05, 4.69) is 47.8 Å². The first-order valence-corrected chi connectivity index (χ1v) is 6.93. The molecule has 0 amide bonds. The van der Waals surface area contributed by atoms with Crippen LogP contribution in [0.2, 0.25) is 0 Å². The zero-order valence-corrected chi connectivity index (χ0v) is 11.0. The van der Waals surface area contributed by atoms with Crippen LogP contribution in [0.5, 0.6) is 5.75 Å². The van der Waals surface area contributed by atoms with Crippen molar-refractivity contribution >= 4 is 0 Å². The zero-order valence-electron chi connectivity index (χ0n) is 11.0. The molecule has 0 saturated carbocycles. The van der Waals surface area contributed by atoms with Gasteiger partial charge in [0.2, 0.25) is 0 Å².